The van der Waals surface area contributed by atoms with Gasteiger partial charge in [-0.3, -0.25) is 9.78 Å². The Kier molecular flexibility index (Phi) is 5.10. The Bertz CT molecular complexity index is 908. The molecule has 0 fully saturated rings. The van der Waals surface area contributed by atoms with Gasteiger partial charge in [0.05, 0.1) is 12.1 Å². The van der Waals surface area contributed by atoms with Crippen LogP contribution >= 0.6 is 11.6 Å². The minimum Gasteiger partial charge on any atom is -0.481 e. The molecule has 1 aromatic carbocycles. The van der Waals surface area contributed by atoms with Gasteiger partial charge in [-0.2, -0.15) is 0 Å². The second-order valence-corrected chi connectivity index (χ2v) is 6.13. The van der Waals surface area contributed by atoms with Gasteiger partial charge >= 0.3 is 0 Å². The number of nitrogens with zero attached hydrogens (tertiary/aromatic N) is 2. The van der Waals surface area contributed by atoms with Crippen LogP contribution in [-0.4, -0.2) is 22.9 Å². The molecule has 5 heteroatoms. The Labute approximate surface area is 151 Å². The fourth-order valence-corrected chi connectivity index (χ4v) is 2.82. The van der Waals surface area contributed by atoms with E-state index in [2.05, 4.69) is 9.97 Å². The summed E-state index contributed by atoms with van der Waals surface area (Å²) in [6.07, 6.45) is 5.24. The lowest BCUT2D eigenvalue weighted by Gasteiger charge is -2.09. The Morgan fingerprint density at radius 3 is 2.60 bits per heavy atom. The van der Waals surface area contributed by atoms with Crippen molar-refractivity contribution in [2.75, 3.05) is 7.11 Å². The summed E-state index contributed by atoms with van der Waals surface area (Å²) in [5.41, 5.74) is 4.29. The van der Waals surface area contributed by atoms with Crippen molar-refractivity contribution in [3.63, 3.8) is 0 Å². The first-order valence-corrected chi connectivity index (χ1v) is 8.19. The summed E-state index contributed by atoms with van der Waals surface area (Å²) in [4.78, 5) is 20.7. The summed E-state index contributed by atoms with van der Waals surface area (Å²) in [7, 11) is 1.57. The number of carbonyl (C=O) groups is 1. The molecule has 0 aliphatic heterocycles. The van der Waals surface area contributed by atoms with Crippen molar-refractivity contribution in [2.24, 2.45) is 0 Å². The summed E-state index contributed by atoms with van der Waals surface area (Å²) in [5, 5.41) is 0.545. The lowest BCUT2D eigenvalue weighted by molar-refractivity contribution is 0.0992. The zero-order valence-corrected chi connectivity index (χ0v) is 14.7. The quantitative estimate of drug-likeness (QED) is 0.632. The molecule has 0 atom stereocenters. The Balaban J connectivity index is 1.83. The number of hydrogen-bond donors (Lipinski definition) is 0. The van der Waals surface area contributed by atoms with Gasteiger partial charge in [-0.05, 0) is 35.7 Å². The van der Waals surface area contributed by atoms with Crippen LogP contribution in [0.25, 0.3) is 11.1 Å². The Morgan fingerprint density at radius 1 is 1.16 bits per heavy atom. The first-order valence-electron chi connectivity index (χ1n) is 7.81. The van der Waals surface area contributed by atoms with Gasteiger partial charge in [-0.15, -0.1) is 0 Å². The molecule has 0 N–H and O–H groups in total. The highest BCUT2D eigenvalue weighted by atomic mass is 35.5. The van der Waals surface area contributed by atoms with E-state index in [4.69, 9.17) is 16.3 Å². The molecule has 2 aromatic heterocycles. The van der Waals surface area contributed by atoms with E-state index in [9.17, 15) is 4.79 Å². The number of halogens is 1. The van der Waals surface area contributed by atoms with Gasteiger partial charge in [-0.1, -0.05) is 35.9 Å². The van der Waals surface area contributed by atoms with Crippen molar-refractivity contribution >= 4 is 17.4 Å². The standard InChI is InChI=1S/C20H17ClN2O2/c1-13-11-22-8-7-17(13)19(24)9-14-3-5-15(6-4-14)18-10-16(21)12-23-20(18)25-2/h3-8,10-12H,9H2,1-2H3. The number of pyridine rings is 2. The minimum atomic E-state index is 0.0784. The van der Waals surface area contributed by atoms with Gasteiger partial charge in [0.1, 0.15) is 0 Å². The predicted octanol–water partition coefficient (Wildman–Crippen LogP) is 4.54. The van der Waals surface area contributed by atoms with E-state index in [-0.39, 0.29) is 5.78 Å². The number of rotatable bonds is 5. The number of aryl methyl sites for hydroxylation is 1. The minimum absolute atomic E-state index is 0.0784. The number of benzene rings is 1. The monoisotopic (exact) mass is 352 g/mol. The van der Waals surface area contributed by atoms with Crippen LogP contribution < -0.4 is 4.74 Å². The van der Waals surface area contributed by atoms with Gasteiger partial charge in [-0.25, -0.2) is 4.98 Å². The van der Waals surface area contributed by atoms with Crippen LogP contribution in [0.4, 0.5) is 0 Å². The molecule has 0 unspecified atom stereocenters. The third kappa shape index (κ3) is 3.86. The molecule has 0 aliphatic carbocycles. The molecule has 4 nitrogen and oxygen atoms in total. The van der Waals surface area contributed by atoms with Crippen LogP contribution in [0.5, 0.6) is 5.88 Å². The maximum atomic E-state index is 12.5. The molecule has 2 heterocycles. The maximum Gasteiger partial charge on any atom is 0.221 e. The summed E-state index contributed by atoms with van der Waals surface area (Å²) in [6, 6.07) is 11.3. The van der Waals surface area contributed by atoms with Crippen LogP contribution in [0.1, 0.15) is 21.5 Å². The molecule has 0 amide bonds. The van der Waals surface area contributed by atoms with Crippen LogP contribution in [0.2, 0.25) is 5.02 Å². The van der Waals surface area contributed by atoms with Gasteiger partial charge in [0.2, 0.25) is 5.88 Å². The number of aromatic nitrogens is 2. The average molecular weight is 353 g/mol. The lowest BCUT2D eigenvalue weighted by atomic mass is 9.99. The number of hydrogen-bond acceptors (Lipinski definition) is 4. The molecule has 0 aliphatic rings. The number of carbonyl (C=O) groups excluding carboxylic acids is 1. The van der Waals surface area contributed by atoms with Gasteiger partial charge in [0.15, 0.2) is 5.78 Å². The Hall–Kier alpha value is -2.72. The van der Waals surface area contributed by atoms with E-state index in [1.165, 1.54) is 0 Å². The highest BCUT2D eigenvalue weighted by molar-refractivity contribution is 6.30. The first kappa shape index (κ1) is 17.1. The summed E-state index contributed by atoms with van der Waals surface area (Å²) >= 11 is 6.04. The number of methoxy groups -OCH3 is 1. The van der Waals surface area contributed by atoms with Gasteiger partial charge in [0, 0.05) is 36.1 Å². The van der Waals surface area contributed by atoms with E-state index >= 15 is 0 Å². The second-order valence-electron chi connectivity index (χ2n) is 5.70. The van der Waals surface area contributed by atoms with Crippen molar-refractivity contribution in [1.82, 2.24) is 9.97 Å². The summed E-state index contributed by atoms with van der Waals surface area (Å²) in [6.45, 7) is 1.89. The maximum absolute atomic E-state index is 12.5. The zero-order chi connectivity index (χ0) is 17.8. The molecule has 0 spiro atoms. The fraction of sp³-hybridized carbons (Fsp3) is 0.150. The zero-order valence-electron chi connectivity index (χ0n) is 14.0. The normalized spacial score (nSPS) is 10.5. The summed E-state index contributed by atoms with van der Waals surface area (Å²) in [5.74, 6) is 0.593. The third-order valence-corrected chi connectivity index (χ3v) is 4.17. The SMILES string of the molecule is COc1ncc(Cl)cc1-c1ccc(CC(=O)c2ccncc2C)cc1. The van der Waals surface area contributed by atoms with Crippen LogP contribution in [0.3, 0.4) is 0 Å². The molecule has 0 saturated heterocycles. The van der Waals surface area contributed by atoms with E-state index in [1.54, 1.807) is 31.8 Å². The molecule has 3 rings (SSSR count). The van der Waals surface area contributed by atoms with Crippen LogP contribution in [0.15, 0.2) is 55.0 Å². The number of ketones is 1. The molecule has 0 bridgehead atoms. The molecule has 0 radical (unpaired) electrons. The van der Waals surface area contributed by atoms with Crippen molar-refractivity contribution in [1.29, 1.82) is 0 Å². The molecular formula is C20H17ClN2O2. The second kappa shape index (κ2) is 7.45. The summed E-state index contributed by atoms with van der Waals surface area (Å²) < 4.78 is 5.29. The molecule has 3 aromatic rings. The van der Waals surface area contributed by atoms with Gasteiger partial charge in [0.25, 0.3) is 0 Å². The largest absolute Gasteiger partial charge is 0.481 e. The molecular weight excluding hydrogens is 336 g/mol. The highest BCUT2D eigenvalue weighted by Gasteiger charge is 2.11. The highest BCUT2D eigenvalue weighted by Crippen LogP contribution is 2.30. The van der Waals surface area contributed by atoms with Crippen molar-refractivity contribution in [3.8, 4) is 17.0 Å². The first-order chi connectivity index (χ1) is 12.1. The third-order valence-electron chi connectivity index (χ3n) is 3.96. The number of Topliss-reactive ketones (excluding diaryl/α,β-unsaturated/α-hetero) is 1. The van der Waals surface area contributed by atoms with E-state index in [0.717, 1.165) is 22.3 Å². The smallest absolute Gasteiger partial charge is 0.221 e. The fourth-order valence-electron chi connectivity index (χ4n) is 2.67. The molecule has 0 saturated carbocycles. The molecule has 25 heavy (non-hydrogen) atoms. The van der Waals surface area contributed by atoms with Crippen molar-refractivity contribution < 1.29 is 9.53 Å². The predicted molar refractivity (Wildman–Crippen MR) is 98.2 cm³/mol. The lowest BCUT2D eigenvalue weighted by Crippen LogP contribution is -2.05. The van der Waals surface area contributed by atoms with Gasteiger partial charge < -0.3 is 4.74 Å². The van der Waals surface area contributed by atoms with E-state index in [0.29, 0.717) is 22.9 Å². The van der Waals surface area contributed by atoms with Crippen LogP contribution in [-0.2, 0) is 6.42 Å². The van der Waals surface area contributed by atoms with E-state index < -0.39 is 0 Å². The average Bonchev–Trinajstić information content (AvgIpc) is 2.62. The topological polar surface area (TPSA) is 52.1 Å². The molecule has 126 valence electrons. The van der Waals surface area contributed by atoms with Crippen LogP contribution in [0, 0.1) is 6.92 Å². The van der Waals surface area contributed by atoms with Crippen molar-refractivity contribution in [3.05, 3.63) is 76.7 Å². The van der Waals surface area contributed by atoms with E-state index in [1.807, 2.05) is 37.3 Å². The van der Waals surface area contributed by atoms with Crippen molar-refractivity contribution in [2.45, 2.75) is 13.3 Å². The Morgan fingerprint density at radius 2 is 1.92 bits per heavy atom. The number of ether oxygens (including phenoxy) is 1.